The molecule has 134 valence electrons. The van der Waals surface area contributed by atoms with Crippen molar-refractivity contribution in [3.8, 4) is 5.75 Å². The second-order valence-electron chi connectivity index (χ2n) is 5.83. The molecule has 0 spiro atoms. The van der Waals surface area contributed by atoms with Crippen LogP contribution in [0, 0.1) is 16.0 Å². The third-order valence-corrected chi connectivity index (χ3v) is 6.30. The van der Waals surface area contributed by atoms with Gasteiger partial charge in [0.15, 0.2) is 4.90 Å². The molecule has 0 saturated carbocycles. The Morgan fingerprint density at radius 2 is 2.04 bits per heavy atom. The molecule has 1 fully saturated rings. The molecule has 1 aromatic rings. The summed E-state index contributed by atoms with van der Waals surface area (Å²) < 4.78 is 31.9. The van der Waals surface area contributed by atoms with E-state index in [2.05, 4.69) is 5.32 Å². The second kappa shape index (κ2) is 7.91. The van der Waals surface area contributed by atoms with Crippen molar-refractivity contribution in [2.24, 2.45) is 5.92 Å². The minimum Gasteiger partial charge on any atom is -0.497 e. The molecule has 0 radical (unpaired) electrons. The van der Waals surface area contributed by atoms with Crippen LogP contribution in [0.2, 0.25) is 0 Å². The summed E-state index contributed by atoms with van der Waals surface area (Å²) in [6.07, 6.45) is 2.54. The number of nitro groups is 1. The van der Waals surface area contributed by atoms with Crippen molar-refractivity contribution < 1.29 is 18.1 Å². The van der Waals surface area contributed by atoms with Crippen LogP contribution in [0.15, 0.2) is 23.1 Å². The van der Waals surface area contributed by atoms with Crippen LogP contribution >= 0.6 is 0 Å². The molecule has 0 amide bonds. The maximum Gasteiger partial charge on any atom is 0.293 e. The van der Waals surface area contributed by atoms with Crippen LogP contribution in [0.25, 0.3) is 0 Å². The molecular weight excluding hydrogens is 334 g/mol. The minimum absolute atomic E-state index is 0.256. The quantitative estimate of drug-likeness (QED) is 0.588. The topological polar surface area (TPSA) is 102 Å². The molecule has 24 heavy (non-hydrogen) atoms. The Bertz CT molecular complexity index is 684. The first kappa shape index (κ1) is 18.6. The van der Waals surface area contributed by atoms with Crippen LogP contribution in [0.3, 0.4) is 0 Å². The maximum absolute atomic E-state index is 12.8. The Morgan fingerprint density at radius 3 is 2.58 bits per heavy atom. The van der Waals surface area contributed by atoms with Gasteiger partial charge in [0.1, 0.15) is 5.75 Å². The van der Waals surface area contributed by atoms with Gasteiger partial charge in [0, 0.05) is 13.1 Å². The number of hydrogen-bond acceptors (Lipinski definition) is 6. The number of piperidine rings is 1. The molecule has 1 heterocycles. The maximum atomic E-state index is 12.8. The molecule has 1 aliphatic heterocycles. The summed E-state index contributed by atoms with van der Waals surface area (Å²) in [6.45, 7) is 1.68. The van der Waals surface area contributed by atoms with Crippen molar-refractivity contribution in [1.82, 2.24) is 9.62 Å². The lowest BCUT2D eigenvalue weighted by Crippen LogP contribution is -2.39. The zero-order valence-corrected chi connectivity index (χ0v) is 14.7. The molecule has 0 aromatic heterocycles. The predicted molar refractivity (Wildman–Crippen MR) is 89.7 cm³/mol. The number of sulfonamides is 1. The predicted octanol–water partition coefficient (Wildman–Crippen LogP) is 1.61. The van der Waals surface area contributed by atoms with Crippen molar-refractivity contribution in [2.45, 2.75) is 24.2 Å². The molecule has 0 unspecified atom stereocenters. The number of methoxy groups -OCH3 is 1. The monoisotopic (exact) mass is 357 g/mol. The zero-order chi connectivity index (χ0) is 17.7. The number of nitrogens with one attached hydrogen (secondary N) is 1. The van der Waals surface area contributed by atoms with Gasteiger partial charge in [-0.1, -0.05) is 0 Å². The average Bonchev–Trinajstić information content (AvgIpc) is 2.59. The van der Waals surface area contributed by atoms with Gasteiger partial charge in [0.25, 0.3) is 5.69 Å². The molecule has 9 heteroatoms. The molecule has 2 rings (SSSR count). The Kier molecular flexibility index (Phi) is 6.14. The van der Waals surface area contributed by atoms with E-state index in [9.17, 15) is 18.5 Å². The fraction of sp³-hybridized carbons (Fsp3) is 0.600. The van der Waals surface area contributed by atoms with E-state index in [1.807, 2.05) is 7.05 Å². The van der Waals surface area contributed by atoms with Crippen LogP contribution in [0.4, 0.5) is 5.69 Å². The van der Waals surface area contributed by atoms with Gasteiger partial charge in [-0.3, -0.25) is 10.1 Å². The minimum atomic E-state index is -3.89. The highest BCUT2D eigenvalue weighted by Gasteiger charge is 2.34. The van der Waals surface area contributed by atoms with E-state index in [-0.39, 0.29) is 10.6 Å². The summed E-state index contributed by atoms with van der Waals surface area (Å²) in [5.41, 5.74) is -0.452. The van der Waals surface area contributed by atoms with Gasteiger partial charge in [0.2, 0.25) is 10.0 Å². The number of nitrogens with zero attached hydrogens (tertiary/aromatic N) is 2. The van der Waals surface area contributed by atoms with E-state index in [1.54, 1.807) is 0 Å². The summed E-state index contributed by atoms with van der Waals surface area (Å²) in [4.78, 5) is 10.3. The summed E-state index contributed by atoms with van der Waals surface area (Å²) >= 11 is 0. The number of benzene rings is 1. The largest absolute Gasteiger partial charge is 0.497 e. The third kappa shape index (κ3) is 4.03. The second-order valence-corrected chi connectivity index (χ2v) is 7.74. The first-order valence-electron chi connectivity index (χ1n) is 7.87. The van der Waals surface area contributed by atoms with Crippen LogP contribution in [-0.2, 0) is 10.0 Å². The molecule has 0 atom stereocenters. The Labute approximate surface area is 142 Å². The summed E-state index contributed by atoms with van der Waals surface area (Å²) in [5, 5.41) is 14.3. The molecule has 1 N–H and O–H groups in total. The molecule has 8 nitrogen and oxygen atoms in total. The fourth-order valence-corrected chi connectivity index (χ4v) is 4.52. The fourth-order valence-electron chi connectivity index (χ4n) is 2.91. The van der Waals surface area contributed by atoms with Crippen molar-refractivity contribution >= 4 is 15.7 Å². The third-order valence-electron chi connectivity index (χ3n) is 4.36. The summed E-state index contributed by atoms with van der Waals surface area (Å²) in [6, 6.07) is 3.82. The summed E-state index contributed by atoms with van der Waals surface area (Å²) in [5.74, 6) is 0.737. The van der Waals surface area contributed by atoms with Gasteiger partial charge >= 0.3 is 0 Å². The molecule has 1 aliphatic rings. The highest BCUT2D eigenvalue weighted by Crippen LogP contribution is 2.32. The zero-order valence-electron chi connectivity index (χ0n) is 13.9. The van der Waals surface area contributed by atoms with E-state index in [1.165, 1.54) is 23.5 Å². The lowest BCUT2D eigenvalue weighted by Gasteiger charge is -2.31. The van der Waals surface area contributed by atoms with E-state index in [0.29, 0.717) is 19.0 Å². The number of rotatable bonds is 7. The Morgan fingerprint density at radius 1 is 1.38 bits per heavy atom. The molecule has 0 bridgehead atoms. The van der Waals surface area contributed by atoms with Crippen molar-refractivity contribution in [3.63, 3.8) is 0 Å². The number of ether oxygens (including phenoxy) is 1. The summed E-state index contributed by atoms with van der Waals surface area (Å²) in [7, 11) is -0.617. The van der Waals surface area contributed by atoms with E-state index in [0.717, 1.165) is 31.9 Å². The van der Waals surface area contributed by atoms with Gasteiger partial charge in [-0.05, 0) is 50.9 Å². The normalized spacial score (nSPS) is 16.9. The lowest BCUT2D eigenvalue weighted by atomic mass is 9.95. The standard InChI is InChI=1S/C15H23N3O5S/c1-16-8-5-12-6-9-17(10-7-12)24(21,22)15-4-3-13(23-2)11-14(15)18(19)20/h3-4,11-12,16H,5-10H2,1-2H3. The van der Waals surface area contributed by atoms with Gasteiger partial charge in [-0.2, -0.15) is 4.31 Å². The smallest absolute Gasteiger partial charge is 0.293 e. The Balaban J connectivity index is 2.21. The van der Waals surface area contributed by atoms with Crippen molar-refractivity contribution in [2.75, 3.05) is 33.8 Å². The van der Waals surface area contributed by atoms with E-state index >= 15 is 0 Å². The number of hydrogen-bond donors (Lipinski definition) is 1. The van der Waals surface area contributed by atoms with Crippen molar-refractivity contribution in [1.29, 1.82) is 0 Å². The highest BCUT2D eigenvalue weighted by atomic mass is 32.2. The van der Waals surface area contributed by atoms with Crippen LogP contribution in [0.1, 0.15) is 19.3 Å². The van der Waals surface area contributed by atoms with Gasteiger partial charge in [-0.15, -0.1) is 0 Å². The van der Waals surface area contributed by atoms with Crippen LogP contribution in [-0.4, -0.2) is 51.4 Å². The molecule has 0 aliphatic carbocycles. The average molecular weight is 357 g/mol. The van der Waals surface area contributed by atoms with Gasteiger partial charge < -0.3 is 10.1 Å². The van der Waals surface area contributed by atoms with Crippen LogP contribution < -0.4 is 10.1 Å². The molecular formula is C15H23N3O5S. The van der Waals surface area contributed by atoms with E-state index < -0.39 is 20.6 Å². The Hall–Kier alpha value is -1.71. The lowest BCUT2D eigenvalue weighted by molar-refractivity contribution is -0.387. The number of nitro benzene ring substituents is 1. The van der Waals surface area contributed by atoms with Crippen molar-refractivity contribution in [3.05, 3.63) is 28.3 Å². The van der Waals surface area contributed by atoms with E-state index in [4.69, 9.17) is 4.74 Å². The first-order valence-corrected chi connectivity index (χ1v) is 9.31. The van der Waals surface area contributed by atoms with Gasteiger partial charge in [0.05, 0.1) is 18.1 Å². The first-order chi connectivity index (χ1) is 11.4. The highest BCUT2D eigenvalue weighted by molar-refractivity contribution is 7.89. The van der Waals surface area contributed by atoms with Gasteiger partial charge in [-0.25, -0.2) is 8.42 Å². The molecule has 1 saturated heterocycles. The SMILES string of the molecule is CNCCC1CCN(S(=O)(=O)c2ccc(OC)cc2[N+](=O)[O-])CC1. The van der Waals surface area contributed by atoms with Crippen LogP contribution in [0.5, 0.6) is 5.75 Å². The molecule has 1 aromatic carbocycles.